The molecule has 1 aliphatic rings. The van der Waals surface area contributed by atoms with E-state index in [0.29, 0.717) is 11.0 Å². The predicted molar refractivity (Wildman–Crippen MR) is 91.6 cm³/mol. The number of hydrogen-bond donors (Lipinski definition) is 2. The van der Waals surface area contributed by atoms with E-state index < -0.39 is 0 Å². The maximum Gasteiger partial charge on any atom is 0.159 e. The van der Waals surface area contributed by atoms with Crippen molar-refractivity contribution in [3.63, 3.8) is 0 Å². The standard InChI is InChI=1S/C16H26N4S/c1-7-9-10(8-2)19-20-13(11(9)12(17)21)18-14-15(3,4)16(14,5)6/h14H,7-8H2,1-6H3,(H2,17,21)(H,18,20). The van der Waals surface area contributed by atoms with Gasteiger partial charge in [0.2, 0.25) is 0 Å². The van der Waals surface area contributed by atoms with Crippen molar-refractivity contribution in [1.82, 2.24) is 10.2 Å². The average molecular weight is 306 g/mol. The third-order valence-electron chi connectivity index (χ3n) is 5.39. The van der Waals surface area contributed by atoms with Crippen LogP contribution in [0.3, 0.4) is 0 Å². The van der Waals surface area contributed by atoms with Crippen molar-refractivity contribution < 1.29 is 0 Å². The molecule has 0 aromatic carbocycles. The Balaban J connectivity index is 2.44. The molecule has 2 rings (SSSR count). The van der Waals surface area contributed by atoms with Gasteiger partial charge in [0.15, 0.2) is 5.82 Å². The first-order valence-corrected chi connectivity index (χ1v) is 8.04. The molecule has 0 saturated heterocycles. The van der Waals surface area contributed by atoms with Crippen LogP contribution in [-0.4, -0.2) is 21.2 Å². The number of nitrogens with zero attached hydrogens (tertiary/aromatic N) is 2. The summed E-state index contributed by atoms with van der Waals surface area (Å²) in [5, 5.41) is 12.3. The fourth-order valence-electron chi connectivity index (χ4n) is 3.23. The molecule has 1 fully saturated rings. The van der Waals surface area contributed by atoms with E-state index in [1.165, 1.54) is 0 Å². The number of nitrogens with one attached hydrogen (secondary N) is 1. The number of thiocarbonyl (C=S) groups is 1. The van der Waals surface area contributed by atoms with Gasteiger partial charge in [0, 0.05) is 6.04 Å². The Morgan fingerprint density at radius 1 is 1.14 bits per heavy atom. The second-order valence-electron chi connectivity index (χ2n) is 6.94. The number of aryl methyl sites for hydroxylation is 1. The number of nitrogens with two attached hydrogens (primary N) is 1. The van der Waals surface area contributed by atoms with Crippen LogP contribution in [0.25, 0.3) is 0 Å². The summed E-state index contributed by atoms with van der Waals surface area (Å²) in [5.74, 6) is 0.736. The number of aromatic nitrogens is 2. The summed E-state index contributed by atoms with van der Waals surface area (Å²) in [7, 11) is 0. The molecule has 1 saturated carbocycles. The van der Waals surface area contributed by atoms with E-state index in [-0.39, 0.29) is 10.8 Å². The molecule has 1 aliphatic carbocycles. The minimum absolute atomic E-state index is 0.220. The highest BCUT2D eigenvalue weighted by molar-refractivity contribution is 7.80. The molecule has 0 aliphatic heterocycles. The molecule has 1 aromatic rings. The zero-order valence-corrected chi connectivity index (χ0v) is 14.7. The van der Waals surface area contributed by atoms with Crippen LogP contribution in [0.15, 0.2) is 0 Å². The van der Waals surface area contributed by atoms with E-state index in [0.717, 1.165) is 35.5 Å². The van der Waals surface area contributed by atoms with Crippen molar-refractivity contribution in [2.75, 3.05) is 5.32 Å². The van der Waals surface area contributed by atoms with Crippen LogP contribution in [0.5, 0.6) is 0 Å². The summed E-state index contributed by atoms with van der Waals surface area (Å²) in [4.78, 5) is 0.398. The van der Waals surface area contributed by atoms with Crippen molar-refractivity contribution in [3.8, 4) is 0 Å². The zero-order chi connectivity index (χ0) is 16.0. The highest BCUT2D eigenvalue weighted by atomic mass is 32.1. The van der Waals surface area contributed by atoms with Gasteiger partial charge >= 0.3 is 0 Å². The fraction of sp³-hybridized carbons (Fsp3) is 0.688. The van der Waals surface area contributed by atoms with E-state index in [4.69, 9.17) is 18.0 Å². The van der Waals surface area contributed by atoms with E-state index in [1.54, 1.807) is 0 Å². The molecule has 116 valence electrons. The molecule has 5 heteroatoms. The van der Waals surface area contributed by atoms with Gasteiger partial charge in [0.1, 0.15) is 4.99 Å². The summed E-state index contributed by atoms with van der Waals surface area (Å²) in [6, 6.07) is 0.351. The molecular formula is C16H26N4S. The van der Waals surface area contributed by atoms with Gasteiger partial charge in [-0.2, -0.15) is 5.10 Å². The lowest BCUT2D eigenvalue weighted by Gasteiger charge is -2.16. The Labute approximate surface area is 132 Å². The molecule has 4 nitrogen and oxygen atoms in total. The van der Waals surface area contributed by atoms with E-state index >= 15 is 0 Å². The van der Waals surface area contributed by atoms with Gasteiger partial charge in [0.25, 0.3) is 0 Å². The number of rotatable bonds is 5. The molecule has 1 aromatic heterocycles. The van der Waals surface area contributed by atoms with Crippen molar-refractivity contribution in [3.05, 3.63) is 16.8 Å². The van der Waals surface area contributed by atoms with Gasteiger partial charge in [0.05, 0.1) is 11.3 Å². The normalized spacial score (nSPS) is 19.3. The molecule has 0 radical (unpaired) electrons. The molecule has 0 unspecified atom stereocenters. The maximum absolute atomic E-state index is 5.97. The summed E-state index contributed by atoms with van der Waals surface area (Å²) in [6.07, 6.45) is 1.70. The van der Waals surface area contributed by atoms with Crippen molar-refractivity contribution in [1.29, 1.82) is 0 Å². The van der Waals surface area contributed by atoms with E-state index in [9.17, 15) is 0 Å². The highest BCUT2D eigenvalue weighted by Crippen LogP contribution is 2.63. The third-order valence-corrected chi connectivity index (χ3v) is 5.60. The second-order valence-corrected chi connectivity index (χ2v) is 7.38. The third kappa shape index (κ3) is 2.41. The van der Waals surface area contributed by atoms with E-state index in [1.807, 2.05) is 0 Å². The summed E-state index contributed by atoms with van der Waals surface area (Å²) >= 11 is 5.27. The highest BCUT2D eigenvalue weighted by Gasteiger charge is 2.65. The van der Waals surface area contributed by atoms with Crippen LogP contribution >= 0.6 is 12.2 Å². The molecular weight excluding hydrogens is 280 g/mol. The maximum atomic E-state index is 5.97. The zero-order valence-electron chi connectivity index (χ0n) is 13.9. The van der Waals surface area contributed by atoms with Crippen LogP contribution in [0.4, 0.5) is 5.82 Å². The largest absolute Gasteiger partial charge is 0.389 e. The van der Waals surface area contributed by atoms with Crippen molar-refractivity contribution in [2.24, 2.45) is 16.6 Å². The Morgan fingerprint density at radius 3 is 2.10 bits per heavy atom. The van der Waals surface area contributed by atoms with E-state index in [2.05, 4.69) is 57.1 Å². The lowest BCUT2D eigenvalue weighted by molar-refractivity contribution is 0.457. The van der Waals surface area contributed by atoms with Crippen LogP contribution in [-0.2, 0) is 12.8 Å². The Bertz CT molecular complexity index is 564. The smallest absolute Gasteiger partial charge is 0.159 e. The quantitative estimate of drug-likeness (QED) is 0.819. The Kier molecular flexibility index (Phi) is 4.00. The van der Waals surface area contributed by atoms with Gasteiger partial charge in [-0.3, -0.25) is 0 Å². The SMILES string of the molecule is CCc1nnc(NC2C(C)(C)C2(C)C)c(C(N)=S)c1CC. The predicted octanol–water partition coefficient (Wildman–Crippen LogP) is 3.08. The van der Waals surface area contributed by atoms with Crippen molar-refractivity contribution in [2.45, 2.75) is 60.4 Å². The molecule has 0 spiro atoms. The summed E-state index contributed by atoms with van der Waals surface area (Å²) in [6.45, 7) is 13.2. The molecule has 3 N–H and O–H groups in total. The minimum atomic E-state index is 0.220. The van der Waals surface area contributed by atoms with Gasteiger partial charge in [-0.05, 0) is 29.2 Å². The number of anilines is 1. The fourth-order valence-corrected chi connectivity index (χ4v) is 3.45. The molecule has 0 bridgehead atoms. The van der Waals surface area contributed by atoms with Gasteiger partial charge in [-0.1, -0.05) is 53.8 Å². The summed E-state index contributed by atoms with van der Waals surface area (Å²) in [5.41, 5.74) is 9.39. The monoisotopic (exact) mass is 306 g/mol. The van der Waals surface area contributed by atoms with Crippen LogP contribution < -0.4 is 11.1 Å². The van der Waals surface area contributed by atoms with Crippen LogP contribution in [0, 0.1) is 10.8 Å². The molecule has 0 amide bonds. The first-order chi connectivity index (χ1) is 9.68. The second kappa shape index (κ2) is 5.20. The Morgan fingerprint density at radius 2 is 1.71 bits per heavy atom. The first-order valence-electron chi connectivity index (χ1n) is 7.63. The lowest BCUT2D eigenvalue weighted by atomic mass is 10.0. The van der Waals surface area contributed by atoms with Gasteiger partial charge in [-0.25, -0.2) is 0 Å². The topological polar surface area (TPSA) is 63.8 Å². The van der Waals surface area contributed by atoms with Gasteiger partial charge in [-0.15, -0.1) is 5.10 Å². The molecule has 1 heterocycles. The minimum Gasteiger partial charge on any atom is -0.389 e. The first kappa shape index (κ1) is 16.1. The van der Waals surface area contributed by atoms with Gasteiger partial charge < -0.3 is 11.1 Å². The van der Waals surface area contributed by atoms with Crippen molar-refractivity contribution >= 4 is 23.0 Å². The number of hydrogen-bond acceptors (Lipinski definition) is 4. The van der Waals surface area contributed by atoms with Crippen LogP contribution in [0.1, 0.15) is 58.4 Å². The summed E-state index contributed by atoms with van der Waals surface area (Å²) < 4.78 is 0. The molecule has 0 atom stereocenters. The Hall–Kier alpha value is -1.23. The average Bonchev–Trinajstić information content (AvgIpc) is 2.79. The van der Waals surface area contributed by atoms with Crippen LogP contribution in [0.2, 0.25) is 0 Å². The molecule has 21 heavy (non-hydrogen) atoms. The lowest BCUT2D eigenvalue weighted by Crippen LogP contribution is -2.22.